The maximum Gasteiger partial charge on any atom is 0.407 e. The van der Waals surface area contributed by atoms with E-state index in [1.165, 1.54) is 32.1 Å². The van der Waals surface area contributed by atoms with Crippen molar-refractivity contribution in [1.82, 2.24) is 10.6 Å². The van der Waals surface area contributed by atoms with Gasteiger partial charge < -0.3 is 15.4 Å². The van der Waals surface area contributed by atoms with Crippen molar-refractivity contribution < 1.29 is 14.3 Å². The first-order valence-electron chi connectivity index (χ1n) is 10.5. The first-order chi connectivity index (χ1) is 12.3. The van der Waals surface area contributed by atoms with Crippen LogP contribution in [-0.2, 0) is 9.53 Å². The molecule has 0 radical (unpaired) electrons. The molecule has 0 spiro atoms. The van der Waals surface area contributed by atoms with Gasteiger partial charge in [-0.2, -0.15) is 0 Å². The molecule has 2 N–H and O–H groups in total. The van der Waals surface area contributed by atoms with Crippen molar-refractivity contribution in [1.29, 1.82) is 0 Å². The van der Waals surface area contributed by atoms with Crippen LogP contribution in [0.25, 0.3) is 0 Å². The Morgan fingerprint density at radius 2 is 1.31 bits per heavy atom. The van der Waals surface area contributed by atoms with Crippen LogP contribution in [0.5, 0.6) is 0 Å². The monoisotopic (exact) mass is 366 g/mol. The van der Waals surface area contributed by atoms with Crippen molar-refractivity contribution in [2.75, 3.05) is 6.61 Å². The minimum absolute atomic E-state index is 0.174. The standard InChI is InChI=1S/C21H38N2O3/c1-5-26-20(25)23-18-12-8-16(9-13-18)14-15-6-10-17(11-7-15)22-19(24)21(2,3)4/h15-18H,5-14H2,1-4H3,(H,22,24)(H,23,25). The van der Waals surface area contributed by atoms with Gasteiger partial charge in [0.15, 0.2) is 0 Å². The first-order valence-corrected chi connectivity index (χ1v) is 10.5. The summed E-state index contributed by atoms with van der Waals surface area (Å²) < 4.78 is 4.97. The summed E-state index contributed by atoms with van der Waals surface area (Å²) >= 11 is 0. The number of rotatable bonds is 5. The molecule has 26 heavy (non-hydrogen) atoms. The number of nitrogens with one attached hydrogen (secondary N) is 2. The summed E-state index contributed by atoms with van der Waals surface area (Å²) in [6.07, 6.45) is 10.3. The molecule has 0 heterocycles. The summed E-state index contributed by atoms with van der Waals surface area (Å²) in [5, 5.41) is 6.20. The molecular formula is C21H38N2O3. The predicted octanol–water partition coefficient (Wildman–Crippen LogP) is 4.40. The molecule has 2 aliphatic rings. The lowest BCUT2D eigenvalue weighted by molar-refractivity contribution is -0.129. The molecule has 0 unspecified atom stereocenters. The van der Waals surface area contributed by atoms with Crippen LogP contribution < -0.4 is 10.6 Å². The van der Waals surface area contributed by atoms with Gasteiger partial charge in [-0.3, -0.25) is 4.79 Å². The zero-order chi connectivity index (χ0) is 19.2. The Kier molecular flexibility index (Phi) is 7.78. The Balaban J connectivity index is 1.63. The Morgan fingerprint density at radius 1 is 0.846 bits per heavy atom. The molecular weight excluding hydrogens is 328 g/mol. The van der Waals surface area contributed by atoms with Crippen LogP contribution in [-0.4, -0.2) is 30.7 Å². The van der Waals surface area contributed by atoms with E-state index in [9.17, 15) is 9.59 Å². The third kappa shape index (κ3) is 6.81. The molecule has 5 heteroatoms. The molecule has 0 atom stereocenters. The van der Waals surface area contributed by atoms with Crippen LogP contribution in [0.1, 0.15) is 85.5 Å². The van der Waals surface area contributed by atoms with Gasteiger partial charge in [-0.15, -0.1) is 0 Å². The highest BCUT2D eigenvalue weighted by Gasteiger charge is 2.29. The highest BCUT2D eigenvalue weighted by molar-refractivity contribution is 5.81. The summed E-state index contributed by atoms with van der Waals surface area (Å²) in [7, 11) is 0. The Hall–Kier alpha value is -1.26. The zero-order valence-electron chi connectivity index (χ0n) is 17.1. The quantitative estimate of drug-likeness (QED) is 0.758. The van der Waals surface area contributed by atoms with E-state index in [0.29, 0.717) is 12.6 Å². The second kappa shape index (κ2) is 9.61. The smallest absolute Gasteiger partial charge is 0.407 e. The van der Waals surface area contributed by atoms with Crippen LogP contribution in [0, 0.1) is 17.3 Å². The van der Waals surface area contributed by atoms with Gasteiger partial charge >= 0.3 is 6.09 Å². The van der Waals surface area contributed by atoms with E-state index in [2.05, 4.69) is 10.6 Å². The van der Waals surface area contributed by atoms with Crippen LogP contribution in [0.4, 0.5) is 4.79 Å². The summed E-state index contributed by atoms with van der Waals surface area (Å²) in [5.74, 6) is 1.77. The molecule has 0 saturated heterocycles. The van der Waals surface area contributed by atoms with Crippen LogP contribution in [0.15, 0.2) is 0 Å². The molecule has 0 aliphatic heterocycles. The summed E-state index contributed by atoms with van der Waals surface area (Å²) in [5.41, 5.74) is -0.299. The normalized spacial score (nSPS) is 29.7. The summed E-state index contributed by atoms with van der Waals surface area (Å²) in [4.78, 5) is 23.6. The molecule has 5 nitrogen and oxygen atoms in total. The topological polar surface area (TPSA) is 67.4 Å². The van der Waals surface area contributed by atoms with Crippen molar-refractivity contribution in [3.8, 4) is 0 Å². The molecule has 2 rings (SSSR count). The number of ether oxygens (including phenoxy) is 1. The second-order valence-corrected chi connectivity index (χ2v) is 9.26. The molecule has 0 bridgehead atoms. The SMILES string of the molecule is CCOC(=O)NC1CCC(CC2CCC(NC(=O)C(C)(C)C)CC2)CC1. The molecule has 2 saturated carbocycles. The zero-order valence-corrected chi connectivity index (χ0v) is 17.1. The molecule has 2 fully saturated rings. The third-order valence-electron chi connectivity index (χ3n) is 5.97. The minimum atomic E-state index is -0.299. The van der Waals surface area contributed by atoms with E-state index in [0.717, 1.165) is 37.5 Å². The van der Waals surface area contributed by atoms with E-state index in [4.69, 9.17) is 4.74 Å². The lowest BCUT2D eigenvalue weighted by atomic mass is 9.75. The van der Waals surface area contributed by atoms with Crippen molar-refractivity contribution in [3.63, 3.8) is 0 Å². The van der Waals surface area contributed by atoms with E-state index in [1.54, 1.807) is 0 Å². The van der Waals surface area contributed by atoms with Gasteiger partial charge in [0.25, 0.3) is 0 Å². The first kappa shape index (κ1) is 21.0. The maximum absolute atomic E-state index is 12.1. The highest BCUT2D eigenvalue weighted by Crippen LogP contribution is 2.35. The number of hydrogen-bond donors (Lipinski definition) is 2. The maximum atomic E-state index is 12.1. The average molecular weight is 367 g/mol. The van der Waals surface area contributed by atoms with Crippen LogP contribution in [0.3, 0.4) is 0 Å². The fourth-order valence-corrected chi connectivity index (χ4v) is 4.30. The molecule has 0 aromatic carbocycles. The number of carbonyl (C=O) groups excluding carboxylic acids is 2. The Bertz CT molecular complexity index is 456. The third-order valence-corrected chi connectivity index (χ3v) is 5.97. The van der Waals surface area contributed by atoms with E-state index in [1.807, 2.05) is 27.7 Å². The van der Waals surface area contributed by atoms with Crippen molar-refractivity contribution >= 4 is 12.0 Å². The van der Waals surface area contributed by atoms with E-state index >= 15 is 0 Å². The molecule has 2 aliphatic carbocycles. The van der Waals surface area contributed by atoms with E-state index < -0.39 is 0 Å². The van der Waals surface area contributed by atoms with Crippen molar-refractivity contribution in [3.05, 3.63) is 0 Å². The van der Waals surface area contributed by atoms with Gasteiger partial charge in [-0.25, -0.2) is 4.79 Å². The Morgan fingerprint density at radius 3 is 1.73 bits per heavy atom. The van der Waals surface area contributed by atoms with Crippen molar-refractivity contribution in [2.24, 2.45) is 17.3 Å². The molecule has 0 aromatic rings. The lowest BCUT2D eigenvalue weighted by Crippen LogP contribution is -2.43. The van der Waals surface area contributed by atoms with Gasteiger partial charge in [0.2, 0.25) is 5.91 Å². The highest BCUT2D eigenvalue weighted by atomic mass is 16.5. The summed E-state index contributed by atoms with van der Waals surface area (Å²) in [6.45, 7) is 8.18. The van der Waals surface area contributed by atoms with Crippen LogP contribution >= 0.6 is 0 Å². The number of hydrogen-bond acceptors (Lipinski definition) is 3. The van der Waals surface area contributed by atoms with Gasteiger partial charge in [-0.1, -0.05) is 20.8 Å². The van der Waals surface area contributed by atoms with E-state index in [-0.39, 0.29) is 23.5 Å². The molecule has 150 valence electrons. The Labute approximate surface area is 159 Å². The molecule has 2 amide bonds. The van der Waals surface area contributed by atoms with Crippen LogP contribution in [0.2, 0.25) is 0 Å². The molecule has 0 aromatic heterocycles. The number of alkyl carbamates (subject to hydrolysis) is 1. The van der Waals surface area contributed by atoms with Gasteiger partial charge in [0.1, 0.15) is 0 Å². The second-order valence-electron chi connectivity index (χ2n) is 9.26. The van der Waals surface area contributed by atoms with Gasteiger partial charge in [-0.05, 0) is 76.5 Å². The average Bonchev–Trinajstić information content (AvgIpc) is 2.58. The predicted molar refractivity (Wildman–Crippen MR) is 104 cm³/mol. The minimum Gasteiger partial charge on any atom is -0.450 e. The van der Waals surface area contributed by atoms with Gasteiger partial charge in [0.05, 0.1) is 6.61 Å². The fraction of sp³-hybridized carbons (Fsp3) is 0.905. The fourth-order valence-electron chi connectivity index (χ4n) is 4.30. The largest absolute Gasteiger partial charge is 0.450 e. The summed E-state index contributed by atoms with van der Waals surface area (Å²) in [6, 6.07) is 0.649. The number of carbonyl (C=O) groups is 2. The van der Waals surface area contributed by atoms with Gasteiger partial charge in [0, 0.05) is 17.5 Å². The lowest BCUT2D eigenvalue weighted by Gasteiger charge is -2.35. The van der Waals surface area contributed by atoms with Crippen molar-refractivity contribution in [2.45, 2.75) is 97.6 Å². The number of amides is 2.